The zero-order valence-corrected chi connectivity index (χ0v) is 10.1. The van der Waals surface area contributed by atoms with Gasteiger partial charge in [-0.15, -0.1) is 11.3 Å². The molecule has 1 N–H and O–H groups in total. The Balaban J connectivity index is 2.53. The fourth-order valence-corrected chi connectivity index (χ4v) is 2.49. The number of carboxylic acids is 1. The summed E-state index contributed by atoms with van der Waals surface area (Å²) in [5, 5.41) is 11.3. The third-order valence-corrected chi connectivity index (χ3v) is 3.17. The zero-order valence-electron chi connectivity index (χ0n) is 8.57. The maximum atomic E-state index is 10.6. The van der Waals surface area contributed by atoms with Gasteiger partial charge >= 0.3 is 5.97 Å². The molecule has 0 bridgehead atoms. The number of carboxylic acid groups (broad SMARTS) is 1. The lowest BCUT2D eigenvalue weighted by Gasteiger charge is -2.18. The summed E-state index contributed by atoms with van der Waals surface area (Å²) in [7, 11) is 0. The average Bonchev–Trinajstić information content (AvgIpc) is 2.50. The summed E-state index contributed by atoms with van der Waals surface area (Å²) in [4.78, 5) is 13.6. The lowest BCUT2D eigenvalue weighted by atomic mass is 10.3. The predicted octanol–water partition coefficient (Wildman–Crippen LogP) is 2.70. The highest BCUT2D eigenvalue weighted by Crippen LogP contribution is 2.20. The molecule has 1 heterocycles. The normalized spacial score (nSPS) is 10.9. The summed E-state index contributed by atoms with van der Waals surface area (Å²) in [5.74, 6) is -0.786. The Morgan fingerprint density at radius 3 is 2.87 bits per heavy atom. The minimum absolute atomic E-state index is 0.0867. The van der Waals surface area contributed by atoms with Crippen molar-refractivity contribution in [3.63, 3.8) is 0 Å². The molecular formula is C10H14ClNO2S. The van der Waals surface area contributed by atoms with Crippen molar-refractivity contribution in [2.45, 2.75) is 19.9 Å². The minimum atomic E-state index is -0.786. The van der Waals surface area contributed by atoms with E-state index in [1.807, 2.05) is 23.3 Å². The summed E-state index contributed by atoms with van der Waals surface area (Å²) < 4.78 is 0. The number of halogens is 1. The molecule has 0 aliphatic rings. The highest BCUT2D eigenvalue weighted by Gasteiger charge is 2.10. The Labute approximate surface area is 98.3 Å². The van der Waals surface area contributed by atoms with Crippen LogP contribution in [0.2, 0.25) is 5.02 Å². The Morgan fingerprint density at radius 2 is 2.40 bits per heavy atom. The maximum absolute atomic E-state index is 10.6. The largest absolute Gasteiger partial charge is 0.480 e. The van der Waals surface area contributed by atoms with E-state index in [1.54, 1.807) is 11.3 Å². The second kappa shape index (κ2) is 6.10. The van der Waals surface area contributed by atoms with Crippen molar-refractivity contribution in [3.8, 4) is 0 Å². The lowest BCUT2D eigenvalue weighted by molar-refractivity contribution is -0.138. The quantitative estimate of drug-likeness (QED) is 0.840. The van der Waals surface area contributed by atoms with Crippen LogP contribution < -0.4 is 0 Å². The number of carbonyl (C=O) groups is 1. The Kier molecular flexibility index (Phi) is 5.08. The molecule has 1 aromatic heterocycles. The molecule has 0 aliphatic carbocycles. The van der Waals surface area contributed by atoms with Crippen molar-refractivity contribution < 1.29 is 9.90 Å². The average molecular weight is 248 g/mol. The SMILES string of the molecule is CCCN(CC(=O)O)Cc1cc(Cl)cs1. The van der Waals surface area contributed by atoms with Gasteiger partial charge < -0.3 is 5.11 Å². The van der Waals surface area contributed by atoms with E-state index in [9.17, 15) is 4.79 Å². The van der Waals surface area contributed by atoms with Crippen molar-refractivity contribution in [1.82, 2.24) is 4.90 Å². The predicted molar refractivity (Wildman–Crippen MR) is 62.5 cm³/mol. The molecule has 5 heteroatoms. The molecule has 1 rings (SSSR count). The van der Waals surface area contributed by atoms with E-state index in [2.05, 4.69) is 0 Å². The topological polar surface area (TPSA) is 40.5 Å². The van der Waals surface area contributed by atoms with E-state index >= 15 is 0 Å². The van der Waals surface area contributed by atoms with Crippen molar-refractivity contribution in [2.24, 2.45) is 0 Å². The van der Waals surface area contributed by atoms with E-state index in [0.29, 0.717) is 6.54 Å². The van der Waals surface area contributed by atoms with Gasteiger partial charge in [-0.25, -0.2) is 0 Å². The number of hydrogen-bond acceptors (Lipinski definition) is 3. The molecule has 0 aromatic carbocycles. The van der Waals surface area contributed by atoms with Crippen LogP contribution in [0.25, 0.3) is 0 Å². The van der Waals surface area contributed by atoms with Gasteiger partial charge in [0, 0.05) is 16.8 Å². The van der Waals surface area contributed by atoms with E-state index in [-0.39, 0.29) is 6.54 Å². The van der Waals surface area contributed by atoms with E-state index in [1.165, 1.54) is 0 Å². The van der Waals surface area contributed by atoms with Crippen molar-refractivity contribution in [3.05, 3.63) is 21.3 Å². The van der Waals surface area contributed by atoms with Gasteiger partial charge in [-0.2, -0.15) is 0 Å². The van der Waals surface area contributed by atoms with Crippen LogP contribution in [0.3, 0.4) is 0 Å². The van der Waals surface area contributed by atoms with Crippen LogP contribution in [0.5, 0.6) is 0 Å². The summed E-state index contributed by atoms with van der Waals surface area (Å²) in [5.41, 5.74) is 0. The van der Waals surface area contributed by atoms with E-state index in [0.717, 1.165) is 22.9 Å². The van der Waals surface area contributed by atoms with Gasteiger partial charge in [-0.05, 0) is 19.0 Å². The van der Waals surface area contributed by atoms with Crippen LogP contribution in [0, 0.1) is 0 Å². The first-order valence-corrected chi connectivity index (χ1v) is 6.04. The minimum Gasteiger partial charge on any atom is -0.480 e. The second-order valence-electron chi connectivity index (χ2n) is 3.34. The van der Waals surface area contributed by atoms with Gasteiger partial charge in [0.05, 0.1) is 11.6 Å². The molecule has 0 fully saturated rings. The highest BCUT2D eigenvalue weighted by molar-refractivity contribution is 7.10. The molecule has 0 spiro atoms. The fraction of sp³-hybridized carbons (Fsp3) is 0.500. The molecule has 0 saturated heterocycles. The summed E-state index contributed by atoms with van der Waals surface area (Å²) in [6, 6.07) is 1.89. The molecular weight excluding hydrogens is 234 g/mol. The molecule has 0 aliphatic heterocycles. The molecule has 1 aromatic rings. The third kappa shape index (κ3) is 4.64. The molecule has 0 atom stereocenters. The Bertz CT molecular complexity index is 327. The monoisotopic (exact) mass is 247 g/mol. The first kappa shape index (κ1) is 12.5. The molecule has 0 amide bonds. The second-order valence-corrected chi connectivity index (χ2v) is 4.77. The lowest BCUT2D eigenvalue weighted by Crippen LogP contribution is -2.29. The van der Waals surface area contributed by atoms with E-state index in [4.69, 9.17) is 16.7 Å². The smallest absolute Gasteiger partial charge is 0.317 e. The van der Waals surface area contributed by atoms with Gasteiger partial charge in [0.15, 0.2) is 0 Å². The van der Waals surface area contributed by atoms with Crippen LogP contribution >= 0.6 is 22.9 Å². The molecule has 15 heavy (non-hydrogen) atoms. The van der Waals surface area contributed by atoms with Crippen molar-refractivity contribution in [1.29, 1.82) is 0 Å². The number of thiophene rings is 1. The molecule has 3 nitrogen and oxygen atoms in total. The zero-order chi connectivity index (χ0) is 11.3. The van der Waals surface area contributed by atoms with Gasteiger partial charge in [-0.1, -0.05) is 18.5 Å². The van der Waals surface area contributed by atoms with Crippen LogP contribution in [0.4, 0.5) is 0 Å². The Hall–Kier alpha value is -0.580. The maximum Gasteiger partial charge on any atom is 0.317 e. The number of rotatable bonds is 6. The van der Waals surface area contributed by atoms with E-state index < -0.39 is 5.97 Å². The van der Waals surface area contributed by atoms with Crippen molar-refractivity contribution in [2.75, 3.05) is 13.1 Å². The van der Waals surface area contributed by atoms with Crippen LogP contribution in [0.1, 0.15) is 18.2 Å². The summed E-state index contributed by atoms with van der Waals surface area (Å²) >= 11 is 7.37. The van der Waals surface area contributed by atoms with Crippen LogP contribution in [-0.2, 0) is 11.3 Å². The highest BCUT2D eigenvalue weighted by atomic mass is 35.5. The van der Waals surface area contributed by atoms with Gasteiger partial charge in [-0.3, -0.25) is 9.69 Å². The molecule has 84 valence electrons. The van der Waals surface area contributed by atoms with Crippen LogP contribution in [0.15, 0.2) is 11.4 Å². The summed E-state index contributed by atoms with van der Waals surface area (Å²) in [6.45, 7) is 3.58. The van der Waals surface area contributed by atoms with Gasteiger partial charge in [0.25, 0.3) is 0 Å². The third-order valence-electron chi connectivity index (χ3n) is 1.90. The fourth-order valence-electron chi connectivity index (χ4n) is 1.38. The molecule has 0 radical (unpaired) electrons. The summed E-state index contributed by atoms with van der Waals surface area (Å²) in [6.07, 6.45) is 0.951. The van der Waals surface area contributed by atoms with Gasteiger partial charge in [0.1, 0.15) is 0 Å². The number of hydrogen-bond donors (Lipinski definition) is 1. The van der Waals surface area contributed by atoms with Crippen molar-refractivity contribution >= 4 is 28.9 Å². The standard InChI is InChI=1S/C10H14ClNO2S/c1-2-3-12(6-10(13)14)5-9-4-8(11)7-15-9/h4,7H,2-3,5-6H2,1H3,(H,13,14). The van der Waals surface area contributed by atoms with Crippen LogP contribution in [-0.4, -0.2) is 29.1 Å². The first-order chi connectivity index (χ1) is 7.11. The van der Waals surface area contributed by atoms with Gasteiger partial charge in [0.2, 0.25) is 0 Å². The Morgan fingerprint density at radius 1 is 1.67 bits per heavy atom. The molecule has 0 unspecified atom stereocenters. The molecule has 0 saturated carbocycles. The number of aliphatic carboxylic acids is 1. The number of nitrogens with zero attached hydrogens (tertiary/aromatic N) is 1. The first-order valence-electron chi connectivity index (χ1n) is 4.79.